The summed E-state index contributed by atoms with van der Waals surface area (Å²) in [6.07, 6.45) is 6.34. The lowest BCUT2D eigenvalue weighted by Gasteiger charge is -2.29. The van der Waals surface area contributed by atoms with Gasteiger partial charge in [-0.15, -0.1) is 0 Å². The SMILES string of the molecule is N[C@@H](C(=O)N1CCC[C@H]1c1ncc(-c2ccc(NC(=O)[C@@H]3CCCN3C(=O)[C@H](NC(=O)C3CC3)c3ccccc3)cc2)[nH]1)c1ccccc1. The van der Waals surface area contributed by atoms with Crippen molar-refractivity contribution < 1.29 is 19.2 Å². The standard InChI is InChI=1S/C38H41N7O4/c39-32(25-9-3-1-4-10-25)37(48)44-21-7-13-30(44)34-40-23-29(42-34)24-17-19-28(20-18-24)41-36(47)31-14-8-22-45(31)38(49)33(26-11-5-2-6-12-26)43-35(46)27-15-16-27/h1-6,9-12,17-20,23,27,30-33H,7-8,13-16,21-22,39H2,(H,40,42)(H,41,47)(H,43,46)/t30-,31-,32+,33+/m0/s1. The minimum absolute atomic E-state index is 0.0431. The fourth-order valence-electron chi connectivity index (χ4n) is 6.92. The number of nitrogens with zero attached hydrogens (tertiary/aromatic N) is 3. The number of carbonyl (C=O) groups excluding carboxylic acids is 4. The van der Waals surface area contributed by atoms with Gasteiger partial charge in [0.15, 0.2) is 0 Å². The molecule has 11 nitrogen and oxygen atoms in total. The molecule has 7 rings (SSSR count). The number of nitrogens with one attached hydrogen (secondary N) is 3. The van der Waals surface area contributed by atoms with Crippen molar-refractivity contribution in [2.75, 3.05) is 18.4 Å². The molecule has 3 aromatic carbocycles. The number of rotatable bonds is 10. The normalized spacial score (nSPS) is 20.1. The summed E-state index contributed by atoms with van der Waals surface area (Å²) in [5, 5.41) is 5.93. The lowest BCUT2D eigenvalue weighted by atomic mass is 10.0. The van der Waals surface area contributed by atoms with Gasteiger partial charge in [0, 0.05) is 24.7 Å². The van der Waals surface area contributed by atoms with E-state index < -0.39 is 18.1 Å². The Morgan fingerprint density at radius 1 is 0.755 bits per heavy atom. The minimum atomic E-state index is -0.837. The summed E-state index contributed by atoms with van der Waals surface area (Å²) >= 11 is 0. The van der Waals surface area contributed by atoms with Crippen LogP contribution in [0, 0.1) is 5.92 Å². The van der Waals surface area contributed by atoms with Crippen LogP contribution in [0.5, 0.6) is 0 Å². The predicted molar refractivity (Wildman–Crippen MR) is 184 cm³/mol. The largest absolute Gasteiger partial charge is 0.340 e. The lowest BCUT2D eigenvalue weighted by molar-refractivity contribution is -0.140. The number of H-pyrrole nitrogens is 1. The first-order valence-electron chi connectivity index (χ1n) is 17.1. The zero-order valence-electron chi connectivity index (χ0n) is 27.3. The van der Waals surface area contributed by atoms with Gasteiger partial charge in [0.2, 0.25) is 23.6 Å². The number of carbonyl (C=O) groups is 4. The Morgan fingerprint density at radius 3 is 2.10 bits per heavy atom. The van der Waals surface area contributed by atoms with E-state index in [2.05, 4.69) is 20.6 Å². The number of benzene rings is 3. The highest BCUT2D eigenvalue weighted by molar-refractivity contribution is 5.99. The third kappa shape index (κ3) is 6.98. The van der Waals surface area contributed by atoms with Gasteiger partial charge >= 0.3 is 0 Å². The van der Waals surface area contributed by atoms with Crippen LogP contribution in [0.15, 0.2) is 91.1 Å². The van der Waals surface area contributed by atoms with E-state index in [9.17, 15) is 19.2 Å². The summed E-state index contributed by atoms with van der Waals surface area (Å²) in [6.45, 7) is 1.07. The minimum Gasteiger partial charge on any atom is -0.340 e. The average molecular weight is 660 g/mol. The molecule has 2 aliphatic heterocycles. The number of likely N-dealkylation sites (tertiary alicyclic amines) is 2. The summed E-state index contributed by atoms with van der Waals surface area (Å²) < 4.78 is 0. The fraction of sp³-hybridized carbons (Fsp3) is 0.342. The molecule has 4 amide bonds. The van der Waals surface area contributed by atoms with Crippen molar-refractivity contribution in [1.29, 1.82) is 0 Å². The Bertz CT molecular complexity index is 1810. The van der Waals surface area contributed by atoms with E-state index in [1.165, 1.54) is 0 Å². The third-order valence-electron chi connectivity index (χ3n) is 9.79. The van der Waals surface area contributed by atoms with Crippen molar-refractivity contribution >= 4 is 29.3 Å². The maximum absolute atomic E-state index is 13.8. The highest BCUT2D eigenvalue weighted by Gasteiger charge is 2.40. The molecule has 1 aliphatic carbocycles. The molecule has 3 heterocycles. The van der Waals surface area contributed by atoms with Crippen LogP contribution in [0.25, 0.3) is 11.3 Å². The van der Waals surface area contributed by atoms with E-state index in [4.69, 9.17) is 5.73 Å². The van der Waals surface area contributed by atoms with Gasteiger partial charge < -0.3 is 31.2 Å². The van der Waals surface area contributed by atoms with E-state index in [0.717, 1.165) is 42.5 Å². The van der Waals surface area contributed by atoms with Gasteiger partial charge in [-0.3, -0.25) is 19.2 Å². The van der Waals surface area contributed by atoms with Crippen LogP contribution in [-0.4, -0.2) is 62.5 Å². The summed E-state index contributed by atoms with van der Waals surface area (Å²) in [4.78, 5) is 64.8. The van der Waals surface area contributed by atoms with Gasteiger partial charge in [-0.2, -0.15) is 0 Å². The van der Waals surface area contributed by atoms with Crippen molar-refractivity contribution in [2.24, 2.45) is 11.7 Å². The van der Waals surface area contributed by atoms with Gasteiger partial charge in [0.05, 0.1) is 17.9 Å². The van der Waals surface area contributed by atoms with E-state index >= 15 is 0 Å². The van der Waals surface area contributed by atoms with Crippen LogP contribution >= 0.6 is 0 Å². The molecule has 49 heavy (non-hydrogen) atoms. The zero-order valence-corrected chi connectivity index (χ0v) is 27.3. The number of anilines is 1. The quantitative estimate of drug-likeness (QED) is 0.195. The number of hydrogen-bond donors (Lipinski definition) is 4. The Morgan fingerprint density at radius 2 is 1.41 bits per heavy atom. The number of aromatic nitrogens is 2. The molecule has 252 valence electrons. The Kier molecular flexibility index (Phi) is 9.26. The van der Waals surface area contributed by atoms with Crippen molar-refractivity contribution in [3.63, 3.8) is 0 Å². The van der Waals surface area contributed by atoms with Gasteiger partial charge in [-0.25, -0.2) is 4.98 Å². The molecule has 0 unspecified atom stereocenters. The average Bonchev–Trinajstić information content (AvgIpc) is 3.48. The Balaban J connectivity index is 0.997. The maximum atomic E-state index is 13.8. The number of aromatic amines is 1. The monoisotopic (exact) mass is 659 g/mol. The van der Waals surface area contributed by atoms with Crippen molar-refractivity contribution in [1.82, 2.24) is 25.1 Å². The van der Waals surface area contributed by atoms with Crippen LogP contribution in [0.2, 0.25) is 0 Å². The zero-order chi connectivity index (χ0) is 33.9. The van der Waals surface area contributed by atoms with Gasteiger partial charge in [-0.05, 0) is 67.3 Å². The smallest absolute Gasteiger partial charge is 0.250 e. The summed E-state index contributed by atoms with van der Waals surface area (Å²) in [7, 11) is 0. The van der Waals surface area contributed by atoms with Gasteiger partial charge in [-0.1, -0.05) is 72.8 Å². The van der Waals surface area contributed by atoms with Crippen LogP contribution in [-0.2, 0) is 19.2 Å². The van der Waals surface area contributed by atoms with E-state index in [1.807, 2.05) is 89.8 Å². The molecule has 3 aliphatic rings. The molecule has 0 radical (unpaired) electrons. The summed E-state index contributed by atoms with van der Waals surface area (Å²) in [6, 6.07) is 23.6. The molecule has 0 bridgehead atoms. The molecule has 4 aromatic rings. The van der Waals surface area contributed by atoms with E-state index in [1.54, 1.807) is 11.1 Å². The van der Waals surface area contributed by atoms with Crippen LogP contribution in [0.3, 0.4) is 0 Å². The molecule has 1 saturated carbocycles. The first-order valence-corrected chi connectivity index (χ1v) is 17.1. The topological polar surface area (TPSA) is 154 Å². The molecule has 0 spiro atoms. The van der Waals surface area contributed by atoms with E-state index in [0.29, 0.717) is 43.0 Å². The summed E-state index contributed by atoms with van der Waals surface area (Å²) in [5.74, 6) is -0.0959. The van der Waals surface area contributed by atoms with Crippen molar-refractivity contribution in [3.05, 3.63) is 108 Å². The highest BCUT2D eigenvalue weighted by atomic mass is 16.2. The molecule has 11 heteroatoms. The van der Waals surface area contributed by atoms with Gasteiger partial charge in [0.1, 0.15) is 23.9 Å². The highest BCUT2D eigenvalue weighted by Crippen LogP contribution is 2.34. The second-order valence-corrected chi connectivity index (χ2v) is 13.1. The molecular weight excluding hydrogens is 618 g/mol. The van der Waals surface area contributed by atoms with Crippen molar-refractivity contribution in [3.8, 4) is 11.3 Å². The molecule has 2 saturated heterocycles. The Hall–Kier alpha value is -5.29. The second kappa shape index (κ2) is 14.1. The maximum Gasteiger partial charge on any atom is 0.250 e. The van der Waals surface area contributed by atoms with Crippen LogP contribution in [0.4, 0.5) is 5.69 Å². The van der Waals surface area contributed by atoms with Crippen LogP contribution in [0.1, 0.15) is 73.6 Å². The first-order chi connectivity index (χ1) is 23.9. The molecular formula is C38H41N7O4. The predicted octanol–water partition coefficient (Wildman–Crippen LogP) is 4.64. The number of nitrogens with two attached hydrogens (primary N) is 1. The third-order valence-corrected chi connectivity index (χ3v) is 9.79. The number of imidazole rings is 1. The fourth-order valence-corrected chi connectivity index (χ4v) is 6.92. The number of hydrogen-bond acceptors (Lipinski definition) is 6. The van der Waals surface area contributed by atoms with Crippen molar-refractivity contribution in [2.45, 2.75) is 62.7 Å². The van der Waals surface area contributed by atoms with Crippen LogP contribution < -0.4 is 16.4 Å². The molecule has 3 fully saturated rings. The van der Waals surface area contributed by atoms with E-state index in [-0.39, 0.29) is 35.6 Å². The second-order valence-electron chi connectivity index (χ2n) is 13.1. The molecule has 1 aromatic heterocycles. The molecule has 4 atom stereocenters. The Labute approximate surface area is 285 Å². The van der Waals surface area contributed by atoms with Gasteiger partial charge in [0.25, 0.3) is 0 Å². The summed E-state index contributed by atoms with van der Waals surface area (Å²) in [5.41, 5.74) is 10.1. The lowest BCUT2D eigenvalue weighted by Crippen LogP contribution is -2.48. The first kappa shape index (κ1) is 32.3. The number of amides is 4. The molecule has 5 N–H and O–H groups in total.